The Bertz CT molecular complexity index is 111. The van der Waals surface area contributed by atoms with Crippen molar-refractivity contribution in [3.05, 3.63) is 11.6 Å². The van der Waals surface area contributed by atoms with Gasteiger partial charge < -0.3 is 0 Å². The second-order valence-electron chi connectivity index (χ2n) is 2.82. The van der Waals surface area contributed by atoms with E-state index in [1.165, 1.54) is 6.42 Å². The van der Waals surface area contributed by atoms with E-state index < -0.39 is 0 Å². The predicted molar refractivity (Wildman–Crippen MR) is 36.7 cm³/mol. The number of hydrogen-bond acceptors (Lipinski definition) is 0. The fourth-order valence-electron chi connectivity index (χ4n) is 1.10. The second kappa shape index (κ2) is 1.93. The molecule has 0 aromatic rings. The van der Waals surface area contributed by atoms with Gasteiger partial charge in [0.25, 0.3) is 0 Å². The molecule has 1 aliphatic carbocycles. The van der Waals surface area contributed by atoms with Crippen molar-refractivity contribution in [3.63, 3.8) is 0 Å². The minimum Gasteiger partial charge on any atom is -0.0776 e. The maximum absolute atomic E-state index is 2.36. The SMILES string of the molecule is CCC(C)C1C=C1C. The molecule has 0 amide bonds. The summed E-state index contributed by atoms with van der Waals surface area (Å²) in [7, 11) is 0. The van der Waals surface area contributed by atoms with Gasteiger partial charge in [-0.25, -0.2) is 0 Å². The highest BCUT2D eigenvalue weighted by Crippen LogP contribution is 2.36. The quantitative estimate of drug-likeness (QED) is 0.479. The van der Waals surface area contributed by atoms with Crippen molar-refractivity contribution in [1.82, 2.24) is 0 Å². The molecule has 0 aromatic heterocycles. The molecule has 8 heavy (non-hydrogen) atoms. The second-order valence-corrected chi connectivity index (χ2v) is 2.82. The molecule has 0 spiro atoms. The normalized spacial score (nSPS) is 29.4. The molecule has 0 saturated carbocycles. The number of rotatable bonds is 2. The summed E-state index contributed by atoms with van der Waals surface area (Å²) >= 11 is 0. The Balaban J connectivity index is 2.21. The molecule has 0 heterocycles. The van der Waals surface area contributed by atoms with Gasteiger partial charge in [-0.1, -0.05) is 31.9 Å². The third kappa shape index (κ3) is 0.936. The molecule has 0 N–H and O–H groups in total. The topological polar surface area (TPSA) is 0 Å². The Kier molecular flexibility index (Phi) is 1.41. The van der Waals surface area contributed by atoms with Crippen LogP contribution in [0, 0.1) is 11.8 Å². The van der Waals surface area contributed by atoms with Crippen molar-refractivity contribution in [2.45, 2.75) is 27.2 Å². The molecule has 1 rings (SSSR count). The van der Waals surface area contributed by atoms with E-state index in [0.29, 0.717) is 0 Å². The van der Waals surface area contributed by atoms with Gasteiger partial charge in [0.1, 0.15) is 0 Å². The molecule has 2 atom stereocenters. The summed E-state index contributed by atoms with van der Waals surface area (Å²) in [6.07, 6.45) is 3.67. The molecule has 0 saturated heterocycles. The van der Waals surface area contributed by atoms with Crippen molar-refractivity contribution in [2.75, 3.05) is 0 Å². The Morgan fingerprint density at radius 3 is 2.38 bits per heavy atom. The summed E-state index contributed by atoms with van der Waals surface area (Å²) in [5.41, 5.74) is 1.60. The zero-order chi connectivity index (χ0) is 6.15. The van der Waals surface area contributed by atoms with Gasteiger partial charge >= 0.3 is 0 Å². The van der Waals surface area contributed by atoms with Crippen LogP contribution in [0.5, 0.6) is 0 Å². The van der Waals surface area contributed by atoms with E-state index in [0.717, 1.165) is 11.8 Å². The van der Waals surface area contributed by atoms with Crippen LogP contribution in [0.3, 0.4) is 0 Å². The largest absolute Gasteiger partial charge is 0.0776 e. The minimum absolute atomic E-state index is 0.875. The molecule has 0 heteroatoms. The van der Waals surface area contributed by atoms with Gasteiger partial charge in [-0.3, -0.25) is 0 Å². The average molecular weight is 110 g/mol. The first-order chi connectivity index (χ1) is 3.75. The monoisotopic (exact) mass is 110 g/mol. The highest BCUT2D eigenvalue weighted by molar-refractivity contribution is 5.27. The molecule has 0 nitrogen and oxygen atoms in total. The summed E-state index contributed by atoms with van der Waals surface area (Å²) < 4.78 is 0. The smallest absolute Gasteiger partial charge is 0.000252 e. The summed E-state index contributed by atoms with van der Waals surface area (Å²) in [6.45, 7) is 6.79. The molecule has 0 fully saturated rings. The summed E-state index contributed by atoms with van der Waals surface area (Å²) in [5.74, 6) is 1.77. The molecule has 46 valence electrons. The number of hydrogen-bond donors (Lipinski definition) is 0. The van der Waals surface area contributed by atoms with Crippen LogP contribution in [0.2, 0.25) is 0 Å². The van der Waals surface area contributed by atoms with Gasteiger partial charge in [0, 0.05) is 5.92 Å². The van der Waals surface area contributed by atoms with Crippen molar-refractivity contribution in [3.8, 4) is 0 Å². The minimum atomic E-state index is 0.875. The fraction of sp³-hybridized carbons (Fsp3) is 0.750. The van der Waals surface area contributed by atoms with Gasteiger partial charge in [-0.2, -0.15) is 0 Å². The van der Waals surface area contributed by atoms with E-state index in [1.54, 1.807) is 5.57 Å². The van der Waals surface area contributed by atoms with E-state index in [4.69, 9.17) is 0 Å². The lowest BCUT2D eigenvalue weighted by Crippen LogP contribution is -1.95. The molecule has 2 unspecified atom stereocenters. The molecule has 0 aliphatic heterocycles. The maximum atomic E-state index is 2.36. The third-order valence-corrected chi connectivity index (χ3v) is 2.12. The van der Waals surface area contributed by atoms with E-state index >= 15 is 0 Å². The summed E-state index contributed by atoms with van der Waals surface area (Å²) in [6, 6.07) is 0. The maximum Gasteiger partial charge on any atom is 0.000252 e. The third-order valence-electron chi connectivity index (χ3n) is 2.12. The molecular formula is C8H14. The van der Waals surface area contributed by atoms with Crippen LogP contribution >= 0.6 is 0 Å². The Hall–Kier alpha value is -0.260. The van der Waals surface area contributed by atoms with Crippen molar-refractivity contribution >= 4 is 0 Å². The van der Waals surface area contributed by atoms with Crippen LogP contribution in [0.4, 0.5) is 0 Å². The zero-order valence-electron chi connectivity index (χ0n) is 5.94. The lowest BCUT2D eigenvalue weighted by Gasteiger charge is -2.04. The first kappa shape index (κ1) is 5.87. The predicted octanol–water partition coefficient (Wildman–Crippen LogP) is 2.61. The first-order valence-electron chi connectivity index (χ1n) is 3.44. The van der Waals surface area contributed by atoms with Crippen LogP contribution in [-0.2, 0) is 0 Å². The molecule has 0 bridgehead atoms. The highest BCUT2D eigenvalue weighted by Gasteiger charge is 2.24. The van der Waals surface area contributed by atoms with Gasteiger partial charge in [0.15, 0.2) is 0 Å². The lowest BCUT2D eigenvalue weighted by atomic mass is 10.0. The van der Waals surface area contributed by atoms with Crippen LogP contribution in [0.25, 0.3) is 0 Å². The number of allylic oxidation sites excluding steroid dienone is 2. The first-order valence-corrected chi connectivity index (χ1v) is 3.44. The molecule has 0 radical (unpaired) electrons. The van der Waals surface area contributed by atoms with Gasteiger partial charge in [0.2, 0.25) is 0 Å². The van der Waals surface area contributed by atoms with E-state index in [9.17, 15) is 0 Å². The highest BCUT2D eigenvalue weighted by atomic mass is 14.3. The lowest BCUT2D eigenvalue weighted by molar-refractivity contribution is 0.513. The van der Waals surface area contributed by atoms with Crippen LogP contribution in [0.15, 0.2) is 11.6 Å². The molecular weight excluding hydrogens is 96.1 g/mol. The zero-order valence-corrected chi connectivity index (χ0v) is 5.94. The van der Waals surface area contributed by atoms with Crippen molar-refractivity contribution < 1.29 is 0 Å². The van der Waals surface area contributed by atoms with E-state index in [1.807, 2.05) is 0 Å². The van der Waals surface area contributed by atoms with Gasteiger partial charge in [-0.05, 0) is 12.8 Å². The fourth-order valence-corrected chi connectivity index (χ4v) is 1.10. The molecule has 0 aromatic carbocycles. The Morgan fingerprint density at radius 2 is 2.25 bits per heavy atom. The van der Waals surface area contributed by atoms with Gasteiger partial charge in [0.05, 0.1) is 0 Å². The molecule has 1 aliphatic rings. The van der Waals surface area contributed by atoms with Gasteiger partial charge in [-0.15, -0.1) is 0 Å². The Labute approximate surface area is 51.6 Å². The summed E-state index contributed by atoms with van der Waals surface area (Å²) in [5, 5.41) is 0. The van der Waals surface area contributed by atoms with Crippen LogP contribution < -0.4 is 0 Å². The standard InChI is InChI=1S/C8H14/c1-4-6(2)8-5-7(8)3/h5-6,8H,4H2,1-3H3. The summed E-state index contributed by atoms with van der Waals surface area (Å²) in [4.78, 5) is 0. The van der Waals surface area contributed by atoms with Crippen molar-refractivity contribution in [2.24, 2.45) is 11.8 Å². The van der Waals surface area contributed by atoms with Crippen LogP contribution in [0.1, 0.15) is 27.2 Å². The van der Waals surface area contributed by atoms with Crippen LogP contribution in [-0.4, -0.2) is 0 Å². The van der Waals surface area contributed by atoms with E-state index in [2.05, 4.69) is 26.8 Å². The average Bonchev–Trinajstić information content (AvgIpc) is 2.45. The van der Waals surface area contributed by atoms with E-state index in [-0.39, 0.29) is 0 Å². The Morgan fingerprint density at radius 1 is 1.75 bits per heavy atom. The van der Waals surface area contributed by atoms with Crippen molar-refractivity contribution in [1.29, 1.82) is 0 Å².